The summed E-state index contributed by atoms with van der Waals surface area (Å²) in [6.07, 6.45) is 0.767. The third-order valence-electron chi connectivity index (χ3n) is 3.92. The fourth-order valence-electron chi connectivity index (χ4n) is 2.52. The molecule has 2 N–H and O–H groups in total. The second-order valence-corrected chi connectivity index (χ2v) is 7.11. The summed E-state index contributed by atoms with van der Waals surface area (Å²) in [6.45, 7) is 6.24. The molecule has 0 aliphatic carbocycles. The van der Waals surface area contributed by atoms with Crippen molar-refractivity contribution < 1.29 is 19.1 Å². The molecule has 2 amide bonds. The summed E-state index contributed by atoms with van der Waals surface area (Å²) >= 11 is 0. The van der Waals surface area contributed by atoms with Gasteiger partial charge in [-0.2, -0.15) is 0 Å². The first kappa shape index (κ1) is 21.0. The molecule has 1 rings (SSSR count). The van der Waals surface area contributed by atoms with Gasteiger partial charge in [0, 0.05) is 19.8 Å². The number of amides is 2. The standard InChI is InChI=1S/C19H30N2O4/c1-19(2,3)16(21-18(23)25-5)17(22)20-15(11-12-24-4)13-14-9-7-6-8-10-14/h6-10,15-16H,11-13H2,1-5H3,(H,20,22)(H,21,23)/t15-,16-/m1/s1. The molecular formula is C19H30N2O4. The highest BCUT2D eigenvalue weighted by atomic mass is 16.5. The van der Waals surface area contributed by atoms with Gasteiger partial charge >= 0.3 is 6.09 Å². The van der Waals surface area contributed by atoms with Crippen molar-refractivity contribution >= 4 is 12.0 Å². The normalized spacial score (nSPS) is 13.6. The van der Waals surface area contributed by atoms with Crippen molar-refractivity contribution in [3.63, 3.8) is 0 Å². The van der Waals surface area contributed by atoms with Gasteiger partial charge in [-0.15, -0.1) is 0 Å². The molecule has 0 bridgehead atoms. The van der Waals surface area contributed by atoms with Crippen LogP contribution in [-0.2, 0) is 20.7 Å². The summed E-state index contributed by atoms with van der Waals surface area (Å²) in [7, 11) is 2.92. The second kappa shape index (κ2) is 10.0. The number of carbonyl (C=O) groups is 2. The maximum atomic E-state index is 12.8. The van der Waals surface area contributed by atoms with Gasteiger partial charge in [-0.05, 0) is 23.8 Å². The summed E-state index contributed by atoms with van der Waals surface area (Å²) in [5.74, 6) is -0.227. The van der Waals surface area contributed by atoms with E-state index < -0.39 is 17.6 Å². The maximum Gasteiger partial charge on any atom is 0.407 e. The summed E-state index contributed by atoms with van der Waals surface area (Å²) in [4.78, 5) is 24.4. The maximum absolute atomic E-state index is 12.8. The van der Waals surface area contributed by atoms with Gasteiger partial charge in [-0.3, -0.25) is 4.79 Å². The van der Waals surface area contributed by atoms with E-state index in [4.69, 9.17) is 4.74 Å². The fourth-order valence-corrected chi connectivity index (χ4v) is 2.52. The number of hydrogen-bond donors (Lipinski definition) is 2. The van der Waals surface area contributed by atoms with E-state index >= 15 is 0 Å². The topological polar surface area (TPSA) is 76.7 Å². The summed E-state index contributed by atoms with van der Waals surface area (Å²) < 4.78 is 9.80. The van der Waals surface area contributed by atoms with Gasteiger partial charge in [0.2, 0.25) is 5.91 Å². The first-order chi connectivity index (χ1) is 11.8. The third-order valence-corrected chi connectivity index (χ3v) is 3.92. The van der Waals surface area contributed by atoms with E-state index in [2.05, 4.69) is 15.4 Å². The molecule has 0 fully saturated rings. The number of nitrogens with one attached hydrogen (secondary N) is 2. The Balaban J connectivity index is 2.84. The molecule has 0 saturated carbocycles. The Bertz CT molecular complexity index is 540. The van der Waals surface area contributed by atoms with Gasteiger partial charge < -0.3 is 20.1 Å². The highest BCUT2D eigenvalue weighted by molar-refractivity contribution is 5.86. The molecule has 140 valence electrons. The molecule has 6 heteroatoms. The number of hydrogen-bond acceptors (Lipinski definition) is 4. The van der Waals surface area contributed by atoms with Crippen LogP contribution in [0.4, 0.5) is 4.79 Å². The van der Waals surface area contributed by atoms with E-state index in [0.29, 0.717) is 19.4 Å². The predicted octanol–water partition coefficient (Wildman–Crippen LogP) is 2.52. The monoisotopic (exact) mass is 350 g/mol. The molecule has 0 unspecified atom stereocenters. The SMILES string of the molecule is COCC[C@H](Cc1ccccc1)NC(=O)[C@@H](NC(=O)OC)C(C)(C)C. The predicted molar refractivity (Wildman–Crippen MR) is 97.4 cm³/mol. The van der Waals surface area contributed by atoms with Gasteiger partial charge in [0.15, 0.2) is 0 Å². The van der Waals surface area contributed by atoms with Crippen LogP contribution in [0.2, 0.25) is 0 Å². The van der Waals surface area contributed by atoms with E-state index in [1.807, 2.05) is 51.1 Å². The Labute approximate surface area is 150 Å². The molecule has 0 aromatic heterocycles. The van der Waals surface area contributed by atoms with Crippen LogP contribution in [0.5, 0.6) is 0 Å². The van der Waals surface area contributed by atoms with Crippen LogP contribution in [-0.4, -0.2) is 44.9 Å². The number of rotatable bonds is 8. The second-order valence-electron chi connectivity index (χ2n) is 7.11. The van der Waals surface area contributed by atoms with Gasteiger partial charge in [0.25, 0.3) is 0 Å². The first-order valence-corrected chi connectivity index (χ1v) is 8.45. The molecule has 6 nitrogen and oxygen atoms in total. The molecule has 25 heavy (non-hydrogen) atoms. The lowest BCUT2D eigenvalue weighted by Crippen LogP contribution is -2.55. The minimum Gasteiger partial charge on any atom is -0.453 e. The third kappa shape index (κ3) is 7.56. The molecule has 0 saturated heterocycles. The van der Waals surface area contributed by atoms with Crippen LogP contribution in [0.1, 0.15) is 32.8 Å². The largest absolute Gasteiger partial charge is 0.453 e. The molecule has 0 radical (unpaired) electrons. The van der Waals surface area contributed by atoms with E-state index in [1.165, 1.54) is 7.11 Å². The smallest absolute Gasteiger partial charge is 0.407 e. The molecule has 1 aromatic rings. The van der Waals surface area contributed by atoms with Gasteiger partial charge in [0.1, 0.15) is 6.04 Å². The van der Waals surface area contributed by atoms with Gasteiger partial charge in [-0.25, -0.2) is 4.79 Å². The van der Waals surface area contributed by atoms with Crippen LogP contribution < -0.4 is 10.6 Å². The number of benzene rings is 1. The lowest BCUT2D eigenvalue weighted by molar-refractivity contribution is -0.126. The van der Waals surface area contributed by atoms with E-state index in [9.17, 15) is 9.59 Å². The molecule has 0 aliphatic heterocycles. The van der Waals surface area contributed by atoms with Crippen molar-refractivity contribution in [2.75, 3.05) is 20.8 Å². The number of ether oxygens (including phenoxy) is 2. The average molecular weight is 350 g/mol. The molecule has 0 aliphatic rings. The van der Waals surface area contributed by atoms with E-state index in [0.717, 1.165) is 5.56 Å². The van der Waals surface area contributed by atoms with Crippen molar-refractivity contribution in [2.24, 2.45) is 5.41 Å². The van der Waals surface area contributed by atoms with E-state index in [1.54, 1.807) is 7.11 Å². The Morgan fingerprint density at radius 3 is 2.24 bits per heavy atom. The Morgan fingerprint density at radius 1 is 1.08 bits per heavy atom. The van der Waals surface area contributed by atoms with Crippen molar-refractivity contribution in [1.82, 2.24) is 10.6 Å². The molecule has 1 aromatic carbocycles. The Hall–Kier alpha value is -2.08. The molecule has 0 heterocycles. The minimum absolute atomic E-state index is 0.0841. The molecule has 2 atom stereocenters. The summed E-state index contributed by atoms with van der Waals surface area (Å²) in [5.41, 5.74) is 0.689. The van der Waals surface area contributed by atoms with Crippen LogP contribution in [0.3, 0.4) is 0 Å². The van der Waals surface area contributed by atoms with Gasteiger partial charge in [0.05, 0.1) is 7.11 Å². The van der Waals surface area contributed by atoms with Crippen molar-refractivity contribution in [2.45, 2.75) is 45.7 Å². The number of methoxy groups -OCH3 is 2. The Morgan fingerprint density at radius 2 is 1.72 bits per heavy atom. The van der Waals surface area contributed by atoms with E-state index in [-0.39, 0.29) is 11.9 Å². The minimum atomic E-state index is -0.694. The van der Waals surface area contributed by atoms with Crippen LogP contribution in [0.25, 0.3) is 0 Å². The Kier molecular flexibility index (Phi) is 8.41. The number of carbonyl (C=O) groups excluding carboxylic acids is 2. The van der Waals surface area contributed by atoms with Crippen molar-refractivity contribution in [1.29, 1.82) is 0 Å². The zero-order valence-electron chi connectivity index (χ0n) is 15.8. The van der Waals surface area contributed by atoms with Crippen molar-refractivity contribution in [3.05, 3.63) is 35.9 Å². The average Bonchev–Trinajstić information content (AvgIpc) is 2.57. The zero-order chi connectivity index (χ0) is 18.9. The number of alkyl carbamates (subject to hydrolysis) is 1. The lowest BCUT2D eigenvalue weighted by atomic mass is 9.86. The molecular weight excluding hydrogens is 320 g/mol. The van der Waals surface area contributed by atoms with Crippen LogP contribution >= 0.6 is 0 Å². The van der Waals surface area contributed by atoms with Crippen molar-refractivity contribution in [3.8, 4) is 0 Å². The fraction of sp³-hybridized carbons (Fsp3) is 0.579. The van der Waals surface area contributed by atoms with Gasteiger partial charge in [-0.1, -0.05) is 51.1 Å². The first-order valence-electron chi connectivity index (χ1n) is 8.45. The zero-order valence-corrected chi connectivity index (χ0v) is 15.8. The summed E-state index contributed by atoms with van der Waals surface area (Å²) in [6, 6.07) is 9.19. The molecule has 0 spiro atoms. The lowest BCUT2D eigenvalue weighted by Gasteiger charge is -2.31. The van der Waals surface area contributed by atoms with Crippen LogP contribution in [0.15, 0.2) is 30.3 Å². The summed E-state index contributed by atoms with van der Waals surface area (Å²) in [5, 5.41) is 5.67. The highest BCUT2D eigenvalue weighted by Gasteiger charge is 2.34. The van der Waals surface area contributed by atoms with Crippen LogP contribution in [0, 0.1) is 5.41 Å². The highest BCUT2D eigenvalue weighted by Crippen LogP contribution is 2.20. The quantitative estimate of drug-likeness (QED) is 0.755.